The Kier molecular flexibility index (Phi) is 4.48. The van der Waals surface area contributed by atoms with E-state index in [1.54, 1.807) is 11.3 Å². The molecule has 0 unspecified atom stereocenters. The molecule has 104 valence electrons. The fourth-order valence-corrected chi connectivity index (χ4v) is 3.27. The maximum Gasteiger partial charge on any atom is 0.106 e. The molecule has 0 aliphatic carbocycles. The summed E-state index contributed by atoms with van der Waals surface area (Å²) in [6.07, 6.45) is 1.97. The van der Waals surface area contributed by atoms with Crippen molar-refractivity contribution >= 4 is 27.3 Å². The van der Waals surface area contributed by atoms with Crippen molar-refractivity contribution < 1.29 is 0 Å². The molecule has 0 aliphatic heterocycles. The van der Waals surface area contributed by atoms with Gasteiger partial charge in [0, 0.05) is 27.6 Å². The Balaban J connectivity index is 2.16. The molecule has 0 atom stereocenters. The van der Waals surface area contributed by atoms with Gasteiger partial charge in [-0.2, -0.15) is 0 Å². The van der Waals surface area contributed by atoms with E-state index < -0.39 is 0 Å². The van der Waals surface area contributed by atoms with Gasteiger partial charge in [-0.1, -0.05) is 0 Å². The zero-order valence-corrected chi connectivity index (χ0v) is 14.2. The summed E-state index contributed by atoms with van der Waals surface area (Å²) in [6.45, 7) is 10.3. The summed E-state index contributed by atoms with van der Waals surface area (Å²) >= 11 is 5.37. The van der Waals surface area contributed by atoms with Crippen molar-refractivity contribution in [2.24, 2.45) is 0 Å². The minimum absolute atomic E-state index is 0.118. The molecule has 0 saturated carbocycles. The fraction of sp³-hybridized carbons (Fsp3) is 0.500. The Morgan fingerprint density at radius 2 is 2.16 bits per heavy atom. The number of aryl methyl sites for hydroxylation is 1. The Morgan fingerprint density at radius 3 is 2.74 bits per heavy atom. The molecule has 19 heavy (non-hydrogen) atoms. The number of hydrogen-bond donors (Lipinski definition) is 1. The second-order valence-corrected chi connectivity index (χ2v) is 7.53. The summed E-state index contributed by atoms with van der Waals surface area (Å²) in [5.41, 5.74) is 1.35. The number of aromatic nitrogens is 2. The van der Waals surface area contributed by atoms with Crippen LogP contribution in [0.1, 0.15) is 37.2 Å². The molecule has 0 radical (unpaired) electrons. The summed E-state index contributed by atoms with van der Waals surface area (Å²) < 4.78 is 3.45. The van der Waals surface area contributed by atoms with E-state index in [0.717, 1.165) is 18.9 Å². The number of rotatable bonds is 4. The first-order valence-electron chi connectivity index (χ1n) is 6.35. The van der Waals surface area contributed by atoms with Gasteiger partial charge in [0.15, 0.2) is 0 Å². The first-order chi connectivity index (χ1) is 8.87. The Hall–Kier alpha value is -0.650. The Morgan fingerprint density at radius 1 is 1.42 bits per heavy atom. The summed E-state index contributed by atoms with van der Waals surface area (Å²) in [7, 11) is 0. The highest BCUT2D eigenvalue weighted by atomic mass is 79.9. The molecule has 0 aliphatic rings. The van der Waals surface area contributed by atoms with Gasteiger partial charge < -0.3 is 9.88 Å². The molecule has 2 heterocycles. The van der Waals surface area contributed by atoms with E-state index in [-0.39, 0.29) is 5.54 Å². The maximum atomic E-state index is 4.44. The molecule has 2 aromatic heterocycles. The van der Waals surface area contributed by atoms with Crippen LogP contribution in [0.2, 0.25) is 0 Å². The number of hydrogen-bond acceptors (Lipinski definition) is 3. The molecule has 2 aromatic rings. The van der Waals surface area contributed by atoms with Crippen molar-refractivity contribution in [3.63, 3.8) is 0 Å². The highest BCUT2D eigenvalue weighted by Crippen LogP contribution is 2.24. The lowest BCUT2D eigenvalue weighted by atomic mass is 10.1. The molecule has 0 bridgehead atoms. The van der Waals surface area contributed by atoms with Crippen LogP contribution < -0.4 is 5.32 Å². The number of imidazole rings is 1. The van der Waals surface area contributed by atoms with Crippen molar-refractivity contribution in [1.82, 2.24) is 14.9 Å². The zero-order valence-electron chi connectivity index (χ0n) is 11.8. The molecule has 0 spiro atoms. The van der Waals surface area contributed by atoms with Crippen molar-refractivity contribution in [3.05, 3.63) is 38.5 Å². The molecule has 1 N–H and O–H groups in total. The fourth-order valence-electron chi connectivity index (χ4n) is 1.81. The topological polar surface area (TPSA) is 29.9 Å². The highest BCUT2D eigenvalue weighted by Gasteiger charge is 2.13. The first-order valence-corrected chi connectivity index (χ1v) is 8.02. The van der Waals surface area contributed by atoms with Crippen LogP contribution in [0.25, 0.3) is 0 Å². The molecule has 0 saturated heterocycles. The normalized spacial score (nSPS) is 12.1. The van der Waals surface area contributed by atoms with Crippen LogP contribution >= 0.6 is 27.3 Å². The van der Waals surface area contributed by atoms with E-state index in [4.69, 9.17) is 0 Å². The van der Waals surface area contributed by atoms with Gasteiger partial charge in [-0.05, 0) is 55.1 Å². The van der Waals surface area contributed by atoms with Gasteiger partial charge in [0.05, 0.1) is 12.2 Å². The monoisotopic (exact) mass is 341 g/mol. The van der Waals surface area contributed by atoms with Gasteiger partial charge in [-0.3, -0.25) is 0 Å². The van der Waals surface area contributed by atoms with Crippen molar-refractivity contribution in [2.45, 2.75) is 46.3 Å². The predicted molar refractivity (Wildman–Crippen MR) is 84.7 cm³/mol. The third kappa shape index (κ3) is 3.91. The van der Waals surface area contributed by atoms with E-state index in [1.807, 2.05) is 6.20 Å². The minimum Gasteiger partial charge on any atom is -0.326 e. The standard InChI is InChI=1S/C14H20BrN3S/c1-10-16-7-11(8-17-14(2,3)4)18(10)9-13-12(15)5-6-19-13/h5-7,17H,8-9H2,1-4H3. The SMILES string of the molecule is Cc1ncc(CNC(C)(C)C)n1Cc1sccc1Br. The summed E-state index contributed by atoms with van der Waals surface area (Å²) in [5, 5.41) is 5.63. The summed E-state index contributed by atoms with van der Waals surface area (Å²) in [5.74, 6) is 1.06. The van der Waals surface area contributed by atoms with E-state index >= 15 is 0 Å². The van der Waals surface area contributed by atoms with E-state index in [1.165, 1.54) is 15.0 Å². The maximum absolute atomic E-state index is 4.44. The lowest BCUT2D eigenvalue weighted by Gasteiger charge is -2.21. The van der Waals surface area contributed by atoms with E-state index in [2.05, 4.69) is 69.9 Å². The molecule has 0 aromatic carbocycles. The average Bonchev–Trinajstić information content (AvgIpc) is 2.85. The average molecular weight is 342 g/mol. The second-order valence-electron chi connectivity index (χ2n) is 5.68. The first kappa shape index (κ1) is 14.8. The lowest BCUT2D eigenvalue weighted by Crippen LogP contribution is -2.35. The van der Waals surface area contributed by atoms with Crippen molar-refractivity contribution in [2.75, 3.05) is 0 Å². The van der Waals surface area contributed by atoms with Gasteiger partial charge in [-0.25, -0.2) is 4.98 Å². The van der Waals surface area contributed by atoms with Crippen LogP contribution in [0.4, 0.5) is 0 Å². The minimum atomic E-state index is 0.118. The van der Waals surface area contributed by atoms with Crippen LogP contribution in [0.15, 0.2) is 22.1 Å². The van der Waals surface area contributed by atoms with Crippen LogP contribution in [-0.2, 0) is 13.1 Å². The van der Waals surface area contributed by atoms with Crippen LogP contribution in [0.5, 0.6) is 0 Å². The van der Waals surface area contributed by atoms with Gasteiger partial charge in [0.1, 0.15) is 5.82 Å². The summed E-state index contributed by atoms with van der Waals surface area (Å²) in [4.78, 5) is 5.77. The van der Waals surface area contributed by atoms with E-state index in [9.17, 15) is 0 Å². The van der Waals surface area contributed by atoms with Crippen LogP contribution in [0, 0.1) is 6.92 Å². The van der Waals surface area contributed by atoms with Crippen molar-refractivity contribution in [1.29, 1.82) is 0 Å². The molecule has 5 heteroatoms. The number of nitrogens with zero attached hydrogens (tertiary/aromatic N) is 2. The Labute approximate surface area is 127 Å². The van der Waals surface area contributed by atoms with Crippen LogP contribution in [0.3, 0.4) is 0 Å². The third-order valence-corrected chi connectivity index (χ3v) is 4.84. The summed E-state index contributed by atoms with van der Waals surface area (Å²) in [6, 6.07) is 2.10. The number of nitrogens with one attached hydrogen (secondary N) is 1. The van der Waals surface area contributed by atoms with E-state index in [0.29, 0.717) is 0 Å². The third-order valence-electron chi connectivity index (χ3n) is 2.93. The van der Waals surface area contributed by atoms with Gasteiger partial charge in [-0.15, -0.1) is 11.3 Å². The zero-order chi connectivity index (χ0) is 14.0. The second kappa shape index (κ2) is 5.77. The molecule has 3 nitrogen and oxygen atoms in total. The van der Waals surface area contributed by atoms with Gasteiger partial charge in [0.25, 0.3) is 0 Å². The predicted octanol–water partition coefficient (Wildman–Crippen LogP) is 3.95. The molecule has 0 fully saturated rings. The van der Waals surface area contributed by atoms with Gasteiger partial charge >= 0.3 is 0 Å². The Bertz CT molecular complexity index is 551. The number of halogens is 1. The van der Waals surface area contributed by atoms with Gasteiger partial charge in [0.2, 0.25) is 0 Å². The molecule has 2 rings (SSSR count). The largest absolute Gasteiger partial charge is 0.326 e. The smallest absolute Gasteiger partial charge is 0.106 e. The van der Waals surface area contributed by atoms with Crippen LogP contribution in [-0.4, -0.2) is 15.1 Å². The highest BCUT2D eigenvalue weighted by molar-refractivity contribution is 9.10. The van der Waals surface area contributed by atoms with Crippen molar-refractivity contribution in [3.8, 4) is 0 Å². The number of thiophene rings is 1. The lowest BCUT2D eigenvalue weighted by molar-refractivity contribution is 0.416. The molecular weight excluding hydrogens is 322 g/mol. The molecular formula is C14H20BrN3S. The molecule has 0 amide bonds. The quantitative estimate of drug-likeness (QED) is 0.912.